The van der Waals surface area contributed by atoms with Gasteiger partial charge in [-0.25, -0.2) is 9.78 Å². The zero-order valence-electron chi connectivity index (χ0n) is 12.8. The Hall–Kier alpha value is -2.15. The molecule has 0 bridgehead atoms. The van der Waals surface area contributed by atoms with Crippen molar-refractivity contribution in [3.05, 3.63) is 23.2 Å². The van der Waals surface area contributed by atoms with Crippen LogP contribution in [0.1, 0.15) is 25.3 Å². The van der Waals surface area contributed by atoms with Crippen LogP contribution in [0, 0.1) is 12.8 Å². The van der Waals surface area contributed by atoms with E-state index < -0.39 is 12.1 Å². The van der Waals surface area contributed by atoms with Crippen LogP contribution in [-0.4, -0.2) is 23.0 Å². The number of aromatic nitrogens is 1. The minimum Gasteiger partial charge on any atom is -0.352 e. The first kappa shape index (κ1) is 16.2. The molecular weight excluding hydrogens is 300 g/mol. The van der Waals surface area contributed by atoms with E-state index in [1.54, 1.807) is 17.4 Å². The summed E-state index contributed by atoms with van der Waals surface area (Å²) in [4.78, 5) is 27.9. The maximum Gasteiger partial charge on any atom is 0.312 e. The van der Waals surface area contributed by atoms with Crippen molar-refractivity contribution in [1.29, 1.82) is 0 Å². The molecule has 0 saturated heterocycles. The van der Waals surface area contributed by atoms with Gasteiger partial charge in [-0.3, -0.25) is 4.79 Å². The number of carbonyl (C=O) groups excluding carboxylic acids is 2. The van der Waals surface area contributed by atoms with Crippen LogP contribution in [0.15, 0.2) is 18.2 Å². The molecule has 6 nitrogen and oxygen atoms in total. The summed E-state index contributed by atoms with van der Waals surface area (Å²) in [6.07, 6.45) is 0.755. The Balaban J connectivity index is 2.17. The summed E-state index contributed by atoms with van der Waals surface area (Å²) in [5, 5.41) is 6.32. The Morgan fingerprint density at radius 1 is 1.41 bits per heavy atom. The Morgan fingerprint density at radius 2 is 2.14 bits per heavy atom. The van der Waals surface area contributed by atoms with E-state index >= 15 is 0 Å². The molecule has 0 fully saturated rings. The molecule has 1 aromatic heterocycles. The fraction of sp³-hybridized carbons (Fsp3) is 0.400. The molecule has 2 aromatic rings. The molecule has 4 N–H and O–H groups in total. The Labute approximate surface area is 133 Å². The Kier molecular flexibility index (Phi) is 4.97. The van der Waals surface area contributed by atoms with Crippen molar-refractivity contribution in [3.63, 3.8) is 0 Å². The molecular formula is C15H20N4O2S. The van der Waals surface area contributed by atoms with E-state index in [0.717, 1.165) is 21.6 Å². The smallest absolute Gasteiger partial charge is 0.312 e. The second-order valence-electron chi connectivity index (χ2n) is 5.28. The van der Waals surface area contributed by atoms with Crippen LogP contribution in [0.3, 0.4) is 0 Å². The number of nitrogens with one attached hydrogen (secondary N) is 2. The van der Waals surface area contributed by atoms with Crippen molar-refractivity contribution in [3.8, 4) is 0 Å². The molecule has 22 heavy (non-hydrogen) atoms. The fourth-order valence-electron chi connectivity index (χ4n) is 2.19. The number of urea groups is 1. The lowest BCUT2D eigenvalue weighted by Gasteiger charge is -2.22. The van der Waals surface area contributed by atoms with E-state index in [-0.39, 0.29) is 11.8 Å². The summed E-state index contributed by atoms with van der Waals surface area (Å²) in [5.74, 6) is -0.282. The van der Waals surface area contributed by atoms with Gasteiger partial charge in [0.2, 0.25) is 5.91 Å². The monoisotopic (exact) mass is 320 g/mol. The van der Waals surface area contributed by atoms with Crippen molar-refractivity contribution in [2.45, 2.75) is 33.2 Å². The van der Waals surface area contributed by atoms with E-state index in [4.69, 9.17) is 5.73 Å². The number of amides is 3. The van der Waals surface area contributed by atoms with Crippen LogP contribution in [0.5, 0.6) is 0 Å². The molecule has 0 radical (unpaired) electrons. The molecule has 2 atom stereocenters. The first-order valence-electron chi connectivity index (χ1n) is 7.14. The maximum absolute atomic E-state index is 12.4. The predicted octanol–water partition coefficient (Wildman–Crippen LogP) is 2.63. The number of hydrogen-bond acceptors (Lipinski definition) is 4. The summed E-state index contributed by atoms with van der Waals surface area (Å²) >= 11 is 1.57. The van der Waals surface area contributed by atoms with Crippen molar-refractivity contribution in [2.75, 3.05) is 5.32 Å². The number of primary amides is 1. The van der Waals surface area contributed by atoms with E-state index in [0.29, 0.717) is 5.69 Å². The van der Waals surface area contributed by atoms with Gasteiger partial charge >= 0.3 is 6.03 Å². The summed E-state index contributed by atoms with van der Waals surface area (Å²) in [7, 11) is 0. The lowest BCUT2D eigenvalue weighted by Crippen LogP contribution is -2.49. The zero-order chi connectivity index (χ0) is 16.3. The number of fused-ring (bicyclic) bond motifs is 1. The van der Waals surface area contributed by atoms with Crippen LogP contribution in [0.4, 0.5) is 10.5 Å². The number of nitrogens with zero attached hydrogens (tertiary/aromatic N) is 1. The molecule has 1 heterocycles. The number of nitrogens with two attached hydrogens (primary N) is 1. The quantitative estimate of drug-likeness (QED) is 0.790. The number of hydrogen-bond donors (Lipinski definition) is 3. The molecule has 0 saturated carbocycles. The number of thiazole rings is 1. The van der Waals surface area contributed by atoms with E-state index in [1.807, 2.05) is 32.9 Å². The fourth-order valence-corrected chi connectivity index (χ4v) is 3.06. The van der Waals surface area contributed by atoms with Gasteiger partial charge in [0.1, 0.15) is 6.04 Å². The average molecular weight is 320 g/mol. The Bertz CT molecular complexity index is 698. The molecule has 1 aromatic carbocycles. The third kappa shape index (κ3) is 3.73. The van der Waals surface area contributed by atoms with Crippen molar-refractivity contribution in [1.82, 2.24) is 10.3 Å². The van der Waals surface area contributed by atoms with E-state index in [9.17, 15) is 9.59 Å². The van der Waals surface area contributed by atoms with Gasteiger partial charge in [0.05, 0.1) is 15.2 Å². The molecule has 0 unspecified atom stereocenters. The molecule has 118 valence electrons. The van der Waals surface area contributed by atoms with Gasteiger partial charge in [-0.1, -0.05) is 20.3 Å². The lowest BCUT2D eigenvalue weighted by molar-refractivity contribution is -0.119. The van der Waals surface area contributed by atoms with Gasteiger partial charge in [-0.15, -0.1) is 11.3 Å². The molecule has 7 heteroatoms. The lowest BCUT2D eigenvalue weighted by atomic mass is 9.98. The normalized spacial score (nSPS) is 13.6. The topological polar surface area (TPSA) is 97.1 Å². The van der Waals surface area contributed by atoms with Crippen LogP contribution >= 0.6 is 11.3 Å². The van der Waals surface area contributed by atoms with Crippen LogP contribution < -0.4 is 16.4 Å². The summed E-state index contributed by atoms with van der Waals surface area (Å²) in [6, 6.07) is 4.21. The Morgan fingerprint density at radius 3 is 2.77 bits per heavy atom. The van der Waals surface area contributed by atoms with Gasteiger partial charge in [-0.2, -0.15) is 0 Å². The molecule has 0 aliphatic carbocycles. The average Bonchev–Trinajstić information content (AvgIpc) is 2.83. The highest BCUT2D eigenvalue weighted by Gasteiger charge is 2.25. The van der Waals surface area contributed by atoms with Crippen molar-refractivity contribution < 1.29 is 9.59 Å². The first-order chi connectivity index (χ1) is 10.4. The third-order valence-corrected chi connectivity index (χ3v) is 4.49. The number of anilines is 1. The minimum absolute atomic E-state index is 0.0121. The highest BCUT2D eigenvalue weighted by Crippen LogP contribution is 2.25. The van der Waals surface area contributed by atoms with Gasteiger partial charge in [0, 0.05) is 5.69 Å². The molecule has 0 spiro atoms. The SMILES string of the molecule is CC[C@@H](C)[C@H](NC(N)=O)C(=O)Nc1ccc2nc(C)sc2c1. The zero-order valence-corrected chi connectivity index (χ0v) is 13.7. The van der Waals surface area contributed by atoms with Crippen molar-refractivity contribution >= 4 is 39.2 Å². The maximum atomic E-state index is 12.4. The number of carbonyl (C=O) groups is 2. The highest BCUT2D eigenvalue weighted by molar-refractivity contribution is 7.18. The largest absolute Gasteiger partial charge is 0.352 e. The van der Waals surface area contributed by atoms with Crippen molar-refractivity contribution in [2.24, 2.45) is 11.7 Å². The third-order valence-electron chi connectivity index (χ3n) is 3.56. The molecule has 3 amide bonds. The first-order valence-corrected chi connectivity index (χ1v) is 7.96. The highest BCUT2D eigenvalue weighted by atomic mass is 32.1. The number of rotatable bonds is 5. The minimum atomic E-state index is -0.700. The van der Waals surface area contributed by atoms with E-state index in [2.05, 4.69) is 15.6 Å². The molecule has 0 aliphatic heterocycles. The van der Waals surface area contributed by atoms with Gasteiger partial charge < -0.3 is 16.4 Å². The second kappa shape index (κ2) is 6.74. The summed E-state index contributed by atoms with van der Waals surface area (Å²) < 4.78 is 1.01. The number of aryl methyl sites for hydroxylation is 1. The standard InChI is InChI=1S/C15H20N4O2S/c1-4-8(2)13(19-15(16)21)14(20)18-10-5-6-11-12(7-10)22-9(3)17-11/h5-8,13H,4H2,1-3H3,(H,18,20)(H3,16,19,21)/t8-,13+/m1/s1. The second-order valence-corrected chi connectivity index (χ2v) is 6.51. The summed E-state index contributed by atoms with van der Waals surface area (Å²) in [5.41, 5.74) is 6.75. The number of benzene rings is 1. The van der Waals surface area contributed by atoms with E-state index in [1.165, 1.54) is 0 Å². The predicted molar refractivity (Wildman–Crippen MR) is 88.9 cm³/mol. The van der Waals surface area contributed by atoms with Crippen LogP contribution in [0.25, 0.3) is 10.2 Å². The van der Waals surface area contributed by atoms with Gasteiger partial charge in [-0.05, 0) is 31.0 Å². The van der Waals surface area contributed by atoms with Crippen LogP contribution in [-0.2, 0) is 4.79 Å². The van der Waals surface area contributed by atoms with Gasteiger partial charge in [0.25, 0.3) is 0 Å². The molecule has 2 rings (SSSR count). The van der Waals surface area contributed by atoms with Crippen LogP contribution in [0.2, 0.25) is 0 Å². The van der Waals surface area contributed by atoms with Gasteiger partial charge in [0.15, 0.2) is 0 Å². The molecule has 0 aliphatic rings. The summed E-state index contributed by atoms with van der Waals surface area (Å²) in [6.45, 7) is 5.80.